The summed E-state index contributed by atoms with van der Waals surface area (Å²) in [6, 6.07) is 3.68. The normalized spacial score (nSPS) is 22.0. The van der Waals surface area contributed by atoms with E-state index < -0.39 is 48.5 Å². The van der Waals surface area contributed by atoms with Crippen molar-refractivity contribution >= 4 is 52.3 Å². The van der Waals surface area contributed by atoms with Crippen molar-refractivity contribution in [3.63, 3.8) is 0 Å². The van der Waals surface area contributed by atoms with Gasteiger partial charge in [-0.3, -0.25) is 14.3 Å². The fourth-order valence-electron chi connectivity index (χ4n) is 4.09. The second-order valence-corrected chi connectivity index (χ2v) is 13.4. The van der Waals surface area contributed by atoms with Crippen molar-refractivity contribution in [1.82, 2.24) is 24.8 Å². The summed E-state index contributed by atoms with van der Waals surface area (Å²) >= 11 is 0. The molecule has 0 bridgehead atoms. The van der Waals surface area contributed by atoms with Crippen LogP contribution >= 0.6 is 23.5 Å². The number of nitrogens with two attached hydrogens (primary N) is 1. The molecule has 1 saturated heterocycles. The second kappa shape index (κ2) is 13.4. The number of ether oxygens (including phenoxy) is 1. The number of carbonyl (C=O) groups excluding carboxylic acids is 1. The lowest BCUT2D eigenvalue weighted by Crippen LogP contribution is -2.26. The first-order chi connectivity index (χ1) is 20.1. The summed E-state index contributed by atoms with van der Waals surface area (Å²) in [5.41, 5.74) is 7.81. The Kier molecular flexibility index (Phi) is 10.3. The number of hydrogen-bond donors (Lipinski definition) is 7. The molecule has 0 radical (unpaired) electrons. The van der Waals surface area contributed by atoms with E-state index in [4.69, 9.17) is 20.3 Å². The van der Waals surface area contributed by atoms with Crippen LogP contribution in [0.5, 0.6) is 0 Å². The third-order valence-corrected chi connectivity index (χ3v) is 9.68. The highest BCUT2D eigenvalue weighted by Gasteiger charge is 2.43. The Labute approximate surface area is 242 Å². The Morgan fingerprint density at radius 3 is 2.56 bits per heavy atom. The topological polar surface area (TPSA) is 288 Å². The number of anilines is 1. The number of nitrogens with one attached hydrogen (secondary N) is 1. The number of phosphoric acid groups is 3. The van der Waals surface area contributed by atoms with Gasteiger partial charge >= 0.3 is 23.5 Å². The van der Waals surface area contributed by atoms with E-state index in [0.717, 1.165) is 5.56 Å². The number of nitrogens with zero attached hydrogens (tertiary/aromatic N) is 4. The van der Waals surface area contributed by atoms with E-state index in [9.17, 15) is 33.4 Å². The van der Waals surface area contributed by atoms with Crippen molar-refractivity contribution < 1.29 is 61.1 Å². The summed E-state index contributed by atoms with van der Waals surface area (Å²) in [7, 11) is -16.7. The van der Waals surface area contributed by atoms with Crippen LogP contribution in [0.2, 0.25) is 0 Å². The maximum Gasteiger partial charge on any atom is 0.490 e. The summed E-state index contributed by atoms with van der Waals surface area (Å²) in [5, 5.41) is 13.6. The van der Waals surface area contributed by atoms with Crippen LogP contribution in [-0.4, -0.2) is 75.5 Å². The molecule has 4 rings (SSSR count). The lowest BCUT2D eigenvalue weighted by atomic mass is 10.2. The average Bonchev–Trinajstić information content (AvgIpc) is 3.45. The van der Waals surface area contributed by atoms with Crippen LogP contribution in [0.25, 0.3) is 17.1 Å². The molecule has 8 N–H and O–H groups in total. The van der Waals surface area contributed by atoms with E-state index in [0.29, 0.717) is 23.9 Å². The van der Waals surface area contributed by atoms with Crippen LogP contribution in [0.15, 0.2) is 43.1 Å². The third-order valence-electron chi connectivity index (χ3n) is 5.88. The van der Waals surface area contributed by atoms with Crippen molar-refractivity contribution in [2.45, 2.75) is 31.3 Å². The van der Waals surface area contributed by atoms with Gasteiger partial charge in [0.25, 0.3) is 0 Å². The quantitative estimate of drug-likeness (QED) is 0.0981. The number of rotatable bonds is 13. The molecule has 19 nitrogen and oxygen atoms in total. The molecule has 0 spiro atoms. The minimum atomic E-state index is -5.71. The lowest BCUT2D eigenvalue weighted by Gasteiger charge is -2.19. The maximum atomic E-state index is 12.4. The highest BCUT2D eigenvalue weighted by atomic mass is 31.3. The second-order valence-electron chi connectivity index (χ2n) is 9.00. The average molecular weight is 664 g/mol. The predicted octanol–water partition coefficient (Wildman–Crippen LogP) is 0.772. The Morgan fingerprint density at radius 2 is 1.86 bits per heavy atom. The largest absolute Gasteiger partial charge is 0.490 e. The third kappa shape index (κ3) is 9.30. The molecule has 0 aromatic carbocycles. The fourth-order valence-corrected chi connectivity index (χ4v) is 7.12. The summed E-state index contributed by atoms with van der Waals surface area (Å²) < 4.78 is 53.5. The van der Waals surface area contributed by atoms with Crippen LogP contribution in [0.4, 0.5) is 5.82 Å². The number of nitrogen functional groups attached to an aromatic ring is 1. The molecule has 22 heteroatoms. The van der Waals surface area contributed by atoms with E-state index in [2.05, 4.69) is 33.4 Å². The molecule has 1 aliphatic rings. The fraction of sp³-hybridized carbons (Fsp3) is 0.333. The summed E-state index contributed by atoms with van der Waals surface area (Å²) in [5.74, 6) is -0.270. The van der Waals surface area contributed by atoms with Crippen LogP contribution in [0.1, 0.15) is 23.8 Å². The predicted molar refractivity (Wildman–Crippen MR) is 146 cm³/mol. The van der Waals surface area contributed by atoms with E-state index in [1.807, 2.05) is 12.1 Å². The summed E-state index contributed by atoms with van der Waals surface area (Å²) in [6.45, 7) is -0.458. The van der Waals surface area contributed by atoms with Gasteiger partial charge in [0.2, 0.25) is 5.91 Å². The van der Waals surface area contributed by atoms with Crippen molar-refractivity contribution in [2.75, 3.05) is 18.9 Å². The molecule has 3 aromatic heterocycles. The number of aliphatic hydroxyl groups excluding tert-OH is 1. The number of phosphoric ester groups is 1. The monoisotopic (exact) mass is 664 g/mol. The number of carbonyl (C=O) groups is 1. The molecule has 0 saturated carbocycles. The van der Waals surface area contributed by atoms with Gasteiger partial charge in [-0.15, -0.1) is 0 Å². The molecule has 3 aromatic rings. The standard InChI is InChI=1S/C21H27N6O13P3/c22-20-19-14(1-2-17(29)24-8-5-13-3-6-23-7-4-13)10-27(21(19)26-12-25-20)18-9-15(28)16(38-18)11-37-42(33,34)40-43(35,36)39-41(30,31)32/h1-4,6-7,10,12,15-16,18,28H,5,8-9,11H2,(H,24,29)(H,33,34)(H,35,36)(H2,22,25,26)(H2,30,31,32)/b2-1+/t15-,16+,18+/m0/s1. The van der Waals surface area contributed by atoms with Gasteiger partial charge in [0.1, 0.15) is 30.1 Å². The number of pyridine rings is 1. The maximum absolute atomic E-state index is 12.4. The van der Waals surface area contributed by atoms with Gasteiger partial charge in [0.05, 0.1) is 18.1 Å². The van der Waals surface area contributed by atoms with Crippen LogP contribution in [-0.2, 0) is 42.8 Å². The number of fused-ring (bicyclic) bond motifs is 1. The lowest BCUT2D eigenvalue weighted by molar-refractivity contribution is -0.116. The van der Waals surface area contributed by atoms with Gasteiger partial charge in [0.15, 0.2) is 0 Å². The van der Waals surface area contributed by atoms with Gasteiger partial charge in [-0.05, 0) is 30.2 Å². The van der Waals surface area contributed by atoms with E-state index in [-0.39, 0.29) is 23.8 Å². The van der Waals surface area contributed by atoms with Crippen molar-refractivity contribution in [3.8, 4) is 0 Å². The first-order valence-corrected chi connectivity index (χ1v) is 16.7. The molecular weight excluding hydrogens is 637 g/mol. The number of hydrogen-bond acceptors (Lipinski definition) is 13. The molecular formula is C21H27N6O13P3. The molecule has 4 heterocycles. The van der Waals surface area contributed by atoms with Crippen LogP contribution in [0, 0.1) is 0 Å². The number of amides is 1. The van der Waals surface area contributed by atoms with Gasteiger partial charge in [-0.1, -0.05) is 0 Å². The summed E-state index contributed by atoms with van der Waals surface area (Å²) in [6.07, 6.45) is 5.93. The Balaban J connectivity index is 1.42. The molecule has 2 unspecified atom stereocenters. The first kappa shape index (κ1) is 33.0. The van der Waals surface area contributed by atoms with Crippen molar-refractivity contribution in [1.29, 1.82) is 0 Å². The van der Waals surface area contributed by atoms with Crippen LogP contribution < -0.4 is 11.1 Å². The smallest absolute Gasteiger partial charge is 0.390 e. The molecule has 5 atom stereocenters. The highest BCUT2D eigenvalue weighted by molar-refractivity contribution is 7.66. The minimum absolute atomic E-state index is 0.0727. The SMILES string of the molecule is Nc1ncnc2c1c(/C=C/C(=O)NCCc1ccncc1)cn2[C@H]1C[C@H](O)[C@@H](COP(=O)(O)OP(=O)(O)OP(=O)(O)O)O1. The Morgan fingerprint density at radius 1 is 1.14 bits per heavy atom. The molecule has 1 fully saturated rings. The van der Waals surface area contributed by atoms with Crippen molar-refractivity contribution in [2.24, 2.45) is 0 Å². The summed E-state index contributed by atoms with van der Waals surface area (Å²) in [4.78, 5) is 60.8. The zero-order valence-electron chi connectivity index (χ0n) is 21.9. The van der Waals surface area contributed by atoms with Gasteiger partial charge in [0, 0.05) is 43.2 Å². The van der Waals surface area contributed by atoms with Gasteiger partial charge < -0.3 is 45.0 Å². The van der Waals surface area contributed by atoms with E-state index >= 15 is 0 Å². The molecule has 1 amide bonds. The highest BCUT2D eigenvalue weighted by Crippen LogP contribution is 2.66. The minimum Gasteiger partial charge on any atom is -0.390 e. The van der Waals surface area contributed by atoms with Gasteiger partial charge in [-0.25, -0.2) is 23.7 Å². The molecule has 0 aliphatic carbocycles. The van der Waals surface area contributed by atoms with E-state index in [1.165, 1.54) is 23.0 Å². The number of aliphatic hydroxyl groups is 1. The van der Waals surface area contributed by atoms with Gasteiger partial charge in [-0.2, -0.15) is 8.62 Å². The Hall–Kier alpha value is -2.89. The van der Waals surface area contributed by atoms with Crippen LogP contribution in [0.3, 0.4) is 0 Å². The van der Waals surface area contributed by atoms with Crippen molar-refractivity contribution in [3.05, 3.63) is 54.3 Å². The zero-order valence-corrected chi connectivity index (χ0v) is 24.6. The molecule has 43 heavy (non-hydrogen) atoms. The zero-order chi connectivity index (χ0) is 31.4. The molecule has 1 aliphatic heterocycles. The number of aromatic nitrogens is 4. The first-order valence-electron chi connectivity index (χ1n) is 12.2. The Bertz CT molecular complexity index is 1630. The van der Waals surface area contributed by atoms with E-state index in [1.54, 1.807) is 18.6 Å². The molecule has 234 valence electrons.